The van der Waals surface area contributed by atoms with Gasteiger partial charge >= 0.3 is 0 Å². The van der Waals surface area contributed by atoms with Crippen LogP contribution in [0.1, 0.15) is 32.3 Å². The Balaban J connectivity index is 2.36. The fourth-order valence-corrected chi connectivity index (χ4v) is 4.19. The van der Waals surface area contributed by atoms with Crippen molar-refractivity contribution in [3.63, 3.8) is 0 Å². The highest BCUT2D eigenvalue weighted by Crippen LogP contribution is 2.33. The molecular weight excluding hydrogens is 286 g/mol. The van der Waals surface area contributed by atoms with E-state index in [2.05, 4.69) is 25.7 Å². The second-order valence-corrected chi connectivity index (χ2v) is 7.93. The summed E-state index contributed by atoms with van der Waals surface area (Å²) in [6, 6.07) is 6.79. The lowest BCUT2D eigenvalue weighted by molar-refractivity contribution is 0.305. The number of nitrogens with zero attached hydrogens (tertiary/aromatic N) is 1. The quantitative estimate of drug-likeness (QED) is 0.867. The molecular formula is C16H21NO3S. The molecule has 0 amide bonds. The third kappa shape index (κ3) is 3.65. The second-order valence-electron chi connectivity index (χ2n) is 6.02. The van der Waals surface area contributed by atoms with Gasteiger partial charge in [-0.2, -0.15) is 4.31 Å². The molecule has 0 aromatic heterocycles. The monoisotopic (exact) mass is 307 g/mol. The van der Waals surface area contributed by atoms with Crippen molar-refractivity contribution in [1.82, 2.24) is 4.31 Å². The summed E-state index contributed by atoms with van der Waals surface area (Å²) in [4.78, 5) is 0.258. The first kappa shape index (κ1) is 16.0. The van der Waals surface area contributed by atoms with Gasteiger partial charge in [0.05, 0.1) is 11.5 Å². The van der Waals surface area contributed by atoms with Gasteiger partial charge in [0.2, 0.25) is 10.0 Å². The van der Waals surface area contributed by atoms with Crippen molar-refractivity contribution in [3.05, 3.63) is 29.8 Å². The molecule has 1 aliphatic rings. The molecule has 1 heterocycles. The summed E-state index contributed by atoms with van der Waals surface area (Å²) in [7, 11) is -3.51. The molecule has 0 radical (unpaired) electrons. The fraction of sp³-hybridized carbons (Fsp3) is 0.500. The van der Waals surface area contributed by atoms with Crippen LogP contribution in [0.4, 0.5) is 0 Å². The van der Waals surface area contributed by atoms with Gasteiger partial charge in [0, 0.05) is 25.1 Å². The second kappa shape index (κ2) is 6.18. The van der Waals surface area contributed by atoms with E-state index in [0.29, 0.717) is 25.1 Å². The molecule has 0 aliphatic carbocycles. The number of hydrogen-bond donors (Lipinski definition) is 1. The molecule has 0 saturated carbocycles. The van der Waals surface area contributed by atoms with E-state index >= 15 is 0 Å². The summed E-state index contributed by atoms with van der Waals surface area (Å²) < 4.78 is 27.1. The zero-order chi connectivity index (χ0) is 15.5. The first-order chi connectivity index (χ1) is 9.87. The number of rotatable bonds is 3. The van der Waals surface area contributed by atoms with E-state index in [1.54, 1.807) is 28.6 Å². The first-order valence-electron chi connectivity index (χ1n) is 7.06. The smallest absolute Gasteiger partial charge is 0.244 e. The Kier molecular flexibility index (Phi) is 4.72. The number of aliphatic hydroxyl groups excluding tert-OH is 1. The SMILES string of the molecule is CC1(C)CCN(S(=O)(=O)c2ccccc2C#CCCO)C1. The van der Waals surface area contributed by atoms with Crippen LogP contribution in [-0.4, -0.2) is 37.5 Å². The maximum atomic E-state index is 12.8. The van der Waals surface area contributed by atoms with Crippen LogP contribution in [0.5, 0.6) is 0 Å². The van der Waals surface area contributed by atoms with Crippen LogP contribution in [0.25, 0.3) is 0 Å². The van der Waals surface area contributed by atoms with Gasteiger partial charge in [0.1, 0.15) is 0 Å². The van der Waals surface area contributed by atoms with Crippen molar-refractivity contribution >= 4 is 10.0 Å². The highest BCUT2D eigenvalue weighted by molar-refractivity contribution is 7.89. The van der Waals surface area contributed by atoms with Gasteiger partial charge in [-0.1, -0.05) is 37.8 Å². The predicted octanol–water partition coefficient (Wildman–Crippen LogP) is 1.84. The van der Waals surface area contributed by atoms with E-state index in [4.69, 9.17) is 5.11 Å². The molecule has 1 aromatic rings. The Labute approximate surface area is 126 Å². The zero-order valence-corrected chi connectivity index (χ0v) is 13.3. The van der Waals surface area contributed by atoms with E-state index in [-0.39, 0.29) is 16.9 Å². The number of hydrogen-bond acceptors (Lipinski definition) is 3. The van der Waals surface area contributed by atoms with Gasteiger partial charge in [-0.25, -0.2) is 8.42 Å². The molecule has 4 nitrogen and oxygen atoms in total. The molecule has 1 aromatic carbocycles. The summed E-state index contributed by atoms with van der Waals surface area (Å²) >= 11 is 0. The molecule has 114 valence electrons. The third-order valence-corrected chi connectivity index (χ3v) is 5.51. The molecule has 21 heavy (non-hydrogen) atoms. The molecule has 0 bridgehead atoms. The van der Waals surface area contributed by atoms with Gasteiger partial charge in [-0.05, 0) is 24.0 Å². The zero-order valence-electron chi connectivity index (χ0n) is 12.5. The van der Waals surface area contributed by atoms with E-state index in [9.17, 15) is 8.42 Å². The average molecular weight is 307 g/mol. The minimum absolute atomic E-state index is 0.0184. The highest BCUT2D eigenvalue weighted by atomic mass is 32.2. The van der Waals surface area contributed by atoms with E-state index < -0.39 is 10.0 Å². The Morgan fingerprint density at radius 3 is 2.67 bits per heavy atom. The average Bonchev–Trinajstić information content (AvgIpc) is 2.80. The lowest BCUT2D eigenvalue weighted by Gasteiger charge is -2.20. The maximum Gasteiger partial charge on any atom is 0.244 e. The van der Waals surface area contributed by atoms with Crippen LogP contribution in [0.3, 0.4) is 0 Å². The van der Waals surface area contributed by atoms with E-state index in [1.165, 1.54) is 0 Å². The Hall–Kier alpha value is -1.35. The largest absolute Gasteiger partial charge is 0.395 e. The number of aliphatic hydroxyl groups is 1. The minimum atomic E-state index is -3.51. The van der Waals surface area contributed by atoms with Crippen molar-refractivity contribution in [2.24, 2.45) is 5.41 Å². The Morgan fingerprint density at radius 2 is 2.05 bits per heavy atom. The van der Waals surface area contributed by atoms with Gasteiger partial charge in [-0.15, -0.1) is 0 Å². The minimum Gasteiger partial charge on any atom is -0.395 e. The summed E-state index contributed by atoms with van der Waals surface area (Å²) in [5.74, 6) is 5.64. The molecule has 1 fully saturated rings. The topological polar surface area (TPSA) is 57.6 Å². The van der Waals surface area contributed by atoms with Crippen molar-refractivity contribution in [2.75, 3.05) is 19.7 Å². The van der Waals surface area contributed by atoms with Crippen LogP contribution in [0, 0.1) is 17.3 Å². The van der Waals surface area contributed by atoms with Gasteiger partial charge in [0.15, 0.2) is 0 Å². The van der Waals surface area contributed by atoms with Crippen LogP contribution < -0.4 is 0 Å². The van der Waals surface area contributed by atoms with Crippen LogP contribution >= 0.6 is 0 Å². The van der Waals surface area contributed by atoms with E-state index in [1.807, 2.05) is 0 Å². The summed E-state index contributed by atoms with van der Waals surface area (Å²) in [5.41, 5.74) is 0.514. The van der Waals surface area contributed by atoms with Crippen molar-refractivity contribution < 1.29 is 13.5 Å². The highest BCUT2D eigenvalue weighted by Gasteiger charge is 2.37. The van der Waals surface area contributed by atoms with Crippen molar-refractivity contribution in [3.8, 4) is 11.8 Å². The summed E-state index contributed by atoms with van der Waals surface area (Å²) in [6.45, 7) is 5.22. The Morgan fingerprint density at radius 1 is 1.33 bits per heavy atom. The molecule has 1 aliphatic heterocycles. The van der Waals surface area contributed by atoms with Crippen LogP contribution in [0.2, 0.25) is 0 Å². The lowest BCUT2D eigenvalue weighted by atomic mass is 9.93. The lowest BCUT2D eigenvalue weighted by Crippen LogP contribution is -2.30. The summed E-state index contributed by atoms with van der Waals surface area (Å²) in [5, 5.41) is 8.77. The molecule has 2 rings (SSSR count). The molecule has 0 atom stereocenters. The standard InChI is InChI=1S/C16H21NO3S/c1-16(2)10-11-17(13-16)21(19,20)15-9-4-3-7-14(15)8-5-6-12-18/h3-4,7,9,18H,6,10-13H2,1-2H3. The van der Waals surface area contributed by atoms with Crippen molar-refractivity contribution in [1.29, 1.82) is 0 Å². The normalized spacial score (nSPS) is 18.2. The van der Waals surface area contributed by atoms with Gasteiger partial charge in [-0.3, -0.25) is 0 Å². The third-order valence-electron chi connectivity index (χ3n) is 3.61. The number of benzene rings is 1. The van der Waals surface area contributed by atoms with E-state index in [0.717, 1.165) is 6.42 Å². The van der Waals surface area contributed by atoms with Crippen LogP contribution in [-0.2, 0) is 10.0 Å². The van der Waals surface area contributed by atoms with Crippen molar-refractivity contribution in [2.45, 2.75) is 31.6 Å². The van der Waals surface area contributed by atoms with Gasteiger partial charge < -0.3 is 5.11 Å². The molecule has 0 unspecified atom stereocenters. The molecule has 1 N–H and O–H groups in total. The van der Waals surface area contributed by atoms with Gasteiger partial charge in [0.25, 0.3) is 0 Å². The predicted molar refractivity (Wildman–Crippen MR) is 82.2 cm³/mol. The fourth-order valence-electron chi connectivity index (χ4n) is 2.42. The maximum absolute atomic E-state index is 12.8. The summed E-state index contributed by atoms with van der Waals surface area (Å²) in [6.07, 6.45) is 1.20. The Bertz CT molecular complexity index is 668. The molecule has 1 saturated heterocycles. The van der Waals surface area contributed by atoms with Crippen LogP contribution in [0.15, 0.2) is 29.2 Å². The first-order valence-corrected chi connectivity index (χ1v) is 8.50. The molecule has 5 heteroatoms. The molecule has 0 spiro atoms. The number of sulfonamides is 1.